The Bertz CT molecular complexity index is 871. The molecule has 0 unspecified atom stereocenters. The monoisotopic (exact) mass is 410 g/mol. The van der Waals surface area contributed by atoms with Gasteiger partial charge in [0.15, 0.2) is 0 Å². The Hall–Kier alpha value is -2.86. The molecule has 1 fully saturated rings. The van der Waals surface area contributed by atoms with Crippen LogP contribution in [0.5, 0.6) is 0 Å². The van der Waals surface area contributed by atoms with Gasteiger partial charge in [0.1, 0.15) is 0 Å². The van der Waals surface area contributed by atoms with Crippen molar-refractivity contribution in [3.05, 3.63) is 59.2 Å². The average Bonchev–Trinajstić information content (AvgIpc) is 2.78. The van der Waals surface area contributed by atoms with Crippen LogP contribution in [-0.2, 0) is 9.47 Å². The minimum atomic E-state index is -0.379. The fourth-order valence-corrected chi connectivity index (χ4v) is 3.35. The van der Waals surface area contributed by atoms with Crippen LogP contribution in [-0.4, -0.2) is 44.8 Å². The Kier molecular flexibility index (Phi) is 7.46. The van der Waals surface area contributed by atoms with Crippen LogP contribution in [0.4, 0.5) is 11.4 Å². The van der Waals surface area contributed by atoms with E-state index < -0.39 is 0 Å². The molecule has 0 bridgehead atoms. The van der Waals surface area contributed by atoms with E-state index in [4.69, 9.17) is 9.47 Å². The topological polar surface area (TPSA) is 67.9 Å². The third-order valence-corrected chi connectivity index (χ3v) is 5.10. The minimum Gasteiger partial charge on any atom is -0.462 e. The second-order valence-electron chi connectivity index (χ2n) is 7.70. The molecule has 1 saturated heterocycles. The van der Waals surface area contributed by atoms with Gasteiger partial charge in [-0.15, -0.1) is 0 Å². The van der Waals surface area contributed by atoms with Crippen molar-refractivity contribution >= 4 is 23.3 Å². The van der Waals surface area contributed by atoms with E-state index in [2.05, 4.69) is 24.1 Å². The van der Waals surface area contributed by atoms with Crippen molar-refractivity contribution in [2.75, 3.05) is 43.1 Å². The lowest BCUT2D eigenvalue weighted by atomic mass is 10.0. The van der Waals surface area contributed by atoms with Crippen molar-refractivity contribution in [1.82, 2.24) is 0 Å². The highest BCUT2D eigenvalue weighted by molar-refractivity contribution is 6.05. The largest absolute Gasteiger partial charge is 0.462 e. The van der Waals surface area contributed by atoms with E-state index in [9.17, 15) is 9.59 Å². The standard InChI is InChI=1S/C24H30N2O4/c1-4-13-30-24(28)21-16-20(9-10-22(21)26-11-14-29-15-12-26)25-23(27)19-7-5-18(6-8-19)17(2)3/h5-10,16-17H,4,11-15H2,1-3H3,(H,25,27). The summed E-state index contributed by atoms with van der Waals surface area (Å²) in [5.74, 6) is -0.181. The number of amides is 1. The summed E-state index contributed by atoms with van der Waals surface area (Å²) in [4.78, 5) is 27.5. The molecule has 1 aliphatic heterocycles. The number of carbonyl (C=O) groups excluding carboxylic acids is 2. The molecule has 2 aromatic rings. The molecule has 2 aromatic carbocycles. The number of anilines is 2. The van der Waals surface area contributed by atoms with Crippen molar-refractivity contribution < 1.29 is 19.1 Å². The zero-order valence-corrected chi connectivity index (χ0v) is 17.9. The SMILES string of the molecule is CCCOC(=O)c1cc(NC(=O)c2ccc(C(C)C)cc2)ccc1N1CCOCC1. The first kappa shape index (κ1) is 21.8. The molecule has 0 spiro atoms. The summed E-state index contributed by atoms with van der Waals surface area (Å²) >= 11 is 0. The summed E-state index contributed by atoms with van der Waals surface area (Å²) in [7, 11) is 0. The molecule has 1 N–H and O–H groups in total. The van der Waals surface area contributed by atoms with Crippen LogP contribution in [0, 0.1) is 0 Å². The van der Waals surface area contributed by atoms with Gasteiger partial charge in [-0.05, 0) is 48.2 Å². The van der Waals surface area contributed by atoms with Gasteiger partial charge >= 0.3 is 5.97 Å². The number of benzene rings is 2. The smallest absolute Gasteiger partial charge is 0.340 e. The molecule has 30 heavy (non-hydrogen) atoms. The molecule has 1 heterocycles. The zero-order valence-electron chi connectivity index (χ0n) is 17.9. The maximum Gasteiger partial charge on any atom is 0.340 e. The highest BCUT2D eigenvalue weighted by Crippen LogP contribution is 2.27. The number of rotatable bonds is 7. The lowest BCUT2D eigenvalue weighted by Crippen LogP contribution is -2.37. The van der Waals surface area contributed by atoms with Gasteiger partial charge < -0.3 is 19.7 Å². The molecule has 0 atom stereocenters. The van der Waals surface area contributed by atoms with Gasteiger partial charge in [-0.3, -0.25) is 4.79 Å². The van der Waals surface area contributed by atoms with Gasteiger partial charge in [0.25, 0.3) is 5.91 Å². The van der Waals surface area contributed by atoms with Gasteiger partial charge in [0, 0.05) is 24.3 Å². The number of morpholine rings is 1. The van der Waals surface area contributed by atoms with Crippen LogP contribution in [0.15, 0.2) is 42.5 Å². The number of esters is 1. The summed E-state index contributed by atoms with van der Waals surface area (Å²) in [5, 5.41) is 2.90. The molecule has 6 nitrogen and oxygen atoms in total. The fraction of sp³-hybridized carbons (Fsp3) is 0.417. The van der Waals surface area contributed by atoms with E-state index in [1.807, 2.05) is 43.3 Å². The molecular formula is C24H30N2O4. The third-order valence-electron chi connectivity index (χ3n) is 5.10. The van der Waals surface area contributed by atoms with Crippen molar-refractivity contribution in [2.45, 2.75) is 33.1 Å². The van der Waals surface area contributed by atoms with E-state index in [1.54, 1.807) is 6.07 Å². The summed E-state index contributed by atoms with van der Waals surface area (Å²) in [6.07, 6.45) is 0.751. The van der Waals surface area contributed by atoms with Crippen molar-refractivity contribution in [1.29, 1.82) is 0 Å². The van der Waals surface area contributed by atoms with Crippen molar-refractivity contribution in [3.8, 4) is 0 Å². The molecule has 1 amide bonds. The number of carbonyl (C=O) groups is 2. The van der Waals surface area contributed by atoms with E-state index in [1.165, 1.54) is 5.56 Å². The van der Waals surface area contributed by atoms with E-state index in [0.29, 0.717) is 55.6 Å². The number of nitrogens with zero attached hydrogens (tertiary/aromatic N) is 1. The molecule has 0 saturated carbocycles. The van der Waals surface area contributed by atoms with Crippen molar-refractivity contribution in [3.63, 3.8) is 0 Å². The third kappa shape index (κ3) is 5.39. The molecule has 0 aliphatic carbocycles. The molecule has 1 aliphatic rings. The maximum absolute atomic E-state index is 12.7. The average molecular weight is 411 g/mol. The summed E-state index contributed by atoms with van der Waals surface area (Å²) < 4.78 is 10.8. The first-order valence-corrected chi connectivity index (χ1v) is 10.5. The number of ether oxygens (including phenoxy) is 2. The maximum atomic E-state index is 12.7. The van der Waals surface area contributed by atoms with Gasteiger partial charge in [0.05, 0.1) is 31.1 Å². The van der Waals surface area contributed by atoms with Crippen LogP contribution in [0.25, 0.3) is 0 Å². The quantitative estimate of drug-likeness (QED) is 0.683. The van der Waals surface area contributed by atoms with Crippen LogP contribution in [0.1, 0.15) is 59.4 Å². The van der Waals surface area contributed by atoms with Gasteiger partial charge in [-0.1, -0.05) is 32.9 Å². The molecule has 0 radical (unpaired) electrons. The number of hydrogen-bond acceptors (Lipinski definition) is 5. The highest BCUT2D eigenvalue weighted by Gasteiger charge is 2.21. The molecule has 160 valence electrons. The number of nitrogens with one attached hydrogen (secondary N) is 1. The first-order valence-electron chi connectivity index (χ1n) is 10.5. The molecular weight excluding hydrogens is 380 g/mol. The Morgan fingerprint density at radius 3 is 2.43 bits per heavy atom. The Labute approximate surface area is 178 Å². The zero-order chi connectivity index (χ0) is 21.5. The number of hydrogen-bond donors (Lipinski definition) is 1. The summed E-state index contributed by atoms with van der Waals surface area (Å²) in [5.41, 5.74) is 3.58. The van der Waals surface area contributed by atoms with Crippen LogP contribution in [0.2, 0.25) is 0 Å². The lowest BCUT2D eigenvalue weighted by Gasteiger charge is -2.30. The second-order valence-corrected chi connectivity index (χ2v) is 7.70. The van der Waals surface area contributed by atoms with Gasteiger partial charge in [0.2, 0.25) is 0 Å². The first-order chi connectivity index (χ1) is 14.5. The molecule has 3 rings (SSSR count). The normalized spacial score (nSPS) is 13.9. The lowest BCUT2D eigenvalue weighted by molar-refractivity contribution is 0.0504. The Balaban J connectivity index is 1.82. The van der Waals surface area contributed by atoms with Gasteiger partial charge in [-0.2, -0.15) is 0 Å². The minimum absolute atomic E-state index is 0.211. The van der Waals surface area contributed by atoms with E-state index in [0.717, 1.165) is 12.1 Å². The highest BCUT2D eigenvalue weighted by atomic mass is 16.5. The van der Waals surface area contributed by atoms with Crippen LogP contribution < -0.4 is 10.2 Å². The van der Waals surface area contributed by atoms with Crippen LogP contribution in [0.3, 0.4) is 0 Å². The van der Waals surface area contributed by atoms with Crippen molar-refractivity contribution in [2.24, 2.45) is 0 Å². The summed E-state index contributed by atoms with van der Waals surface area (Å²) in [6, 6.07) is 13.0. The predicted octanol–water partition coefficient (Wildman–Crippen LogP) is 4.47. The van der Waals surface area contributed by atoms with Gasteiger partial charge in [-0.25, -0.2) is 4.79 Å². The molecule has 0 aromatic heterocycles. The van der Waals surface area contributed by atoms with E-state index >= 15 is 0 Å². The molecule has 6 heteroatoms. The summed E-state index contributed by atoms with van der Waals surface area (Å²) in [6.45, 7) is 9.21. The van der Waals surface area contributed by atoms with Crippen LogP contribution >= 0.6 is 0 Å². The fourth-order valence-electron chi connectivity index (χ4n) is 3.35. The van der Waals surface area contributed by atoms with E-state index in [-0.39, 0.29) is 11.9 Å². The predicted molar refractivity (Wildman–Crippen MR) is 119 cm³/mol. The Morgan fingerprint density at radius 1 is 1.10 bits per heavy atom. The Morgan fingerprint density at radius 2 is 1.80 bits per heavy atom. The second kappa shape index (κ2) is 10.3.